The summed E-state index contributed by atoms with van der Waals surface area (Å²) in [7, 11) is 0. The Balaban J connectivity index is 1.30. The Morgan fingerprint density at radius 1 is 1.09 bits per heavy atom. The van der Waals surface area contributed by atoms with Gasteiger partial charge in [0.25, 0.3) is 11.5 Å². The molecule has 0 spiro atoms. The molecule has 1 N–H and O–H groups in total. The van der Waals surface area contributed by atoms with Gasteiger partial charge in [-0.15, -0.1) is 0 Å². The molecule has 10 heteroatoms. The van der Waals surface area contributed by atoms with Gasteiger partial charge >= 0.3 is 0 Å². The standard InChI is InChI=1S/C22H19ClN4O4S/c1-2-20-26-27-21(29)11-16(25-22(27)32-20)12-30-18-9-5-15(6-10-18)24-19(28)13-31-17-7-3-14(23)4-8-17/h3-11H,2,12-13H2,1H3,(H,24,28). The number of hydrogen-bond acceptors (Lipinski definition) is 7. The number of nitrogens with one attached hydrogen (secondary N) is 1. The molecule has 8 nitrogen and oxygen atoms in total. The summed E-state index contributed by atoms with van der Waals surface area (Å²) in [5, 5.41) is 8.43. The van der Waals surface area contributed by atoms with Crippen LogP contribution >= 0.6 is 22.9 Å². The van der Waals surface area contributed by atoms with E-state index in [9.17, 15) is 9.59 Å². The zero-order valence-corrected chi connectivity index (χ0v) is 18.7. The number of fused-ring (bicyclic) bond motifs is 1. The Morgan fingerprint density at radius 3 is 2.50 bits per heavy atom. The summed E-state index contributed by atoms with van der Waals surface area (Å²) >= 11 is 7.21. The molecule has 2 aromatic heterocycles. The summed E-state index contributed by atoms with van der Waals surface area (Å²) in [5.41, 5.74) is 0.901. The maximum absolute atomic E-state index is 12.2. The monoisotopic (exact) mass is 470 g/mol. The number of benzene rings is 2. The maximum Gasteiger partial charge on any atom is 0.275 e. The molecule has 0 aliphatic heterocycles. The van der Waals surface area contributed by atoms with Gasteiger partial charge in [-0.2, -0.15) is 9.61 Å². The van der Waals surface area contributed by atoms with Crippen LogP contribution in [-0.2, 0) is 17.8 Å². The lowest BCUT2D eigenvalue weighted by molar-refractivity contribution is -0.118. The first-order valence-corrected chi connectivity index (χ1v) is 11.0. The van der Waals surface area contributed by atoms with E-state index in [4.69, 9.17) is 21.1 Å². The molecule has 0 saturated heterocycles. The highest BCUT2D eigenvalue weighted by molar-refractivity contribution is 7.16. The highest BCUT2D eigenvalue weighted by Crippen LogP contribution is 2.18. The molecule has 0 aliphatic rings. The van der Waals surface area contributed by atoms with Crippen LogP contribution in [0.25, 0.3) is 4.96 Å². The van der Waals surface area contributed by atoms with E-state index < -0.39 is 0 Å². The maximum atomic E-state index is 12.2. The second kappa shape index (κ2) is 9.80. The van der Waals surface area contributed by atoms with E-state index in [0.29, 0.717) is 32.9 Å². The Bertz CT molecular complexity index is 1290. The van der Waals surface area contributed by atoms with Crippen molar-refractivity contribution in [2.24, 2.45) is 0 Å². The Labute approximate surface area is 192 Å². The molecule has 0 saturated carbocycles. The molecule has 2 aromatic carbocycles. The third-order valence-corrected chi connectivity index (χ3v) is 5.66. The Kier molecular flexibility index (Phi) is 6.67. The van der Waals surface area contributed by atoms with Gasteiger partial charge in [0, 0.05) is 16.8 Å². The third kappa shape index (κ3) is 5.43. The Hall–Kier alpha value is -3.43. The average molecular weight is 471 g/mol. The van der Waals surface area contributed by atoms with Crippen LogP contribution in [-0.4, -0.2) is 27.1 Å². The summed E-state index contributed by atoms with van der Waals surface area (Å²) in [5.74, 6) is 0.854. The van der Waals surface area contributed by atoms with Crippen molar-refractivity contribution in [3.05, 3.63) is 80.7 Å². The molecule has 0 bridgehead atoms. The number of nitrogens with zero attached hydrogens (tertiary/aromatic N) is 3. The first kappa shape index (κ1) is 21.8. The second-order valence-electron chi connectivity index (χ2n) is 6.73. The minimum Gasteiger partial charge on any atom is -0.487 e. The van der Waals surface area contributed by atoms with Gasteiger partial charge in [-0.05, 0) is 55.0 Å². The minimum absolute atomic E-state index is 0.124. The van der Waals surface area contributed by atoms with Crippen LogP contribution in [0.15, 0.2) is 59.4 Å². The van der Waals surface area contributed by atoms with Crippen LogP contribution in [0.4, 0.5) is 5.69 Å². The number of amides is 1. The molecular formula is C22H19ClN4O4S. The lowest BCUT2D eigenvalue weighted by Gasteiger charge is -2.09. The molecule has 164 valence electrons. The third-order valence-electron chi connectivity index (χ3n) is 4.35. The van der Waals surface area contributed by atoms with Crippen molar-refractivity contribution < 1.29 is 14.3 Å². The molecule has 0 radical (unpaired) electrons. The van der Waals surface area contributed by atoms with Gasteiger partial charge in [0.1, 0.15) is 23.1 Å². The summed E-state index contributed by atoms with van der Waals surface area (Å²) < 4.78 is 12.5. The van der Waals surface area contributed by atoms with E-state index in [1.807, 2.05) is 6.92 Å². The summed E-state index contributed by atoms with van der Waals surface area (Å²) in [6.45, 7) is 2.00. The van der Waals surface area contributed by atoms with Gasteiger partial charge in [0.15, 0.2) is 6.61 Å². The summed E-state index contributed by atoms with van der Waals surface area (Å²) in [6.07, 6.45) is 0.745. The molecule has 32 heavy (non-hydrogen) atoms. The van der Waals surface area contributed by atoms with Crippen molar-refractivity contribution >= 4 is 39.5 Å². The SMILES string of the molecule is CCc1nn2c(=O)cc(COc3ccc(NC(=O)COc4ccc(Cl)cc4)cc3)nc2s1. The van der Waals surface area contributed by atoms with Crippen molar-refractivity contribution in [2.75, 3.05) is 11.9 Å². The van der Waals surface area contributed by atoms with Gasteiger partial charge in [-0.25, -0.2) is 4.98 Å². The second-order valence-corrected chi connectivity index (χ2v) is 8.21. The summed E-state index contributed by atoms with van der Waals surface area (Å²) in [6, 6.07) is 15.1. The Morgan fingerprint density at radius 2 is 1.78 bits per heavy atom. The first-order chi connectivity index (χ1) is 15.5. The van der Waals surface area contributed by atoms with Crippen LogP contribution in [0.1, 0.15) is 17.6 Å². The highest BCUT2D eigenvalue weighted by Gasteiger charge is 2.09. The van der Waals surface area contributed by atoms with E-state index in [-0.39, 0.29) is 24.7 Å². The number of hydrogen-bond donors (Lipinski definition) is 1. The van der Waals surface area contributed by atoms with Gasteiger partial charge in [0.2, 0.25) is 4.96 Å². The number of carbonyl (C=O) groups excluding carboxylic acids is 1. The molecule has 4 rings (SSSR count). The number of ether oxygens (including phenoxy) is 2. The molecule has 0 unspecified atom stereocenters. The lowest BCUT2D eigenvalue weighted by Crippen LogP contribution is -2.20. The zero-order valence-electron chi connectivity index (χ0n) is 17.1. The van der Waals surface area contributed by atoms with Crippen LogP contribution in [0, 0.1) is 0 Å². The molecule has 0 atom stereocenters. The molecular weight excluding hydrogens is 452 g/mol. The predicted molar refractivity (Wildman–Crippen MR) is 123 cm³/mol. The number of carbonyl (C=O) groups is 1. The van der Waals surface area contributed by atoms with Crippen LogP contribution in [0.3, 0.4) is 0 Å². The van der Waals surface area contributed by atoms with Crippen molar-refractivity contribution in [1.82, 2.24) is 14.6 Å². The van der Waals surface area contributed by atoms with Crippen LogP contribution < -0.4 is 20.3 Å². The fraction of sp³-hybridized carbons (Fsp3) is 0.182. The van der Waals surface area contributed by atoms with Crippen molar-refractivity contribution in [3.8, 4) is 11.5 Å². The van der Waals surface area contributed by atoms with E-state index in [1.165, 1.54) is 21.9 Å². The molecule has 0 aliphatic carbocycles. The van der Waals surface area contributed by atoms with Crippen molar-refractivity contribution in [3.63, 3.8) is 0 Å². The minimum atomic E-state index is -0.289. The topological polar surface area (TPSA) is 94.8 Å². The summed E-state index contributed by atoms with van der Waals surface area (Å²) in [4.78, 5) is 29.3. The number of aromatic nitrogens is 3. The van der Waals surface area contributed by atoms with Gasteiger partial charge in [0.05, 0.1) is 5.69 Å². The fourth-order valence-corrected chi connectivity index (χ4v) is 3.76. The predicted octanol–water partition coefficient (Wildman–Crippen LogP) is 3.96. The van der Waals surface area contributed by atoms with E-state index >= 15 is 0 Å². The average Bonchev–Trinajstić information content (AvgIpc) is 3.22. The number of aryl methyl sites for hydroxylation is 1. The number of halogens is 1. The van der Waals surface area contributed by atoms with Gasteiger partial charge in [-0.3, -0.25) is 9.59 Å². The highest BCUT2D eigenvalue weighted by atomic mass is 35.5. The smallest absolute Gasteiger partial charge is 0.275 e. The number of anilines is 1. The normalized spacial score (nSPS) is 10.8. The van der Waals surface area contributed by atoms with Crippen molar-refractivity contribution in [2.45, 2.75) is 20.0 Å². The molecule has 4 aromatic rings. The lowest BCUT2D eigenvalue weighted by atomic mass is 10.3. The molecule has 2 heterocycles. The van der Waals surface area contributed by atoms with Crippen LogP contribution in [0.5, 0.6) is 11.5 Å². The first-order valence-electron chi connectivity index (χ1n) is 9.80. The fourth-order valence-electron chi connectivity index (χ4n) is 2.78. The molecule has 1 amide bonds. The number of rotatable bonds is 8. The largest absolute Gasteiger partial charge is 0.487 e. The van der Waals surface area contributed by atoms with E-state index in [2.05, 4.69) is 15.4 Å². The van der Waals surface area contributed by atoms with E-state index in [0.717, 1.165) is 11.4 Å². The van der Waals surface area contributed by atoms with E-state index in [1.54, 1.807) is 48.5 Å². The van der Waals surface area contributed by atoms with Crippen molar-refractivity contribution in [1.29, 1.82) is 0 Å². The van der Waals surface area contributed by atoms with Crippen LogP contribution in [0.2, 0.25) is 5.02 Å². The molecule has 0 fully saturated rings. The van der Waals surface area contributed by atoms with Gasteiger partial charge < -0.3 is 14.8 Å². The zero-order chi connectivity index (χ0) is 22.5. The quantitative estimate of drug-likeness (QED) is 0.419. The van der Waals surface area contributed by atoms with Gasteiger partial charge in [-0.1, -0.05) is 29.9 Å².